The molecule has 6 heteroatoms. The first-order valence-electron chi connectivity index (χ1n) is 5.10. The summed E-state index contributed by atoms with van der Waals surface area (Å²) in [5.74, 6) is 1.39. The van der Waals surface area contributed by atoms with Crippen LogP contribution >= 0.6 is 23.1 Å². The molecule has 0 radical (unpaired) electrons. The lowest BCUT2D eigenvalue weighted by Gasteiger charge is -2.26. The number of ether oxygens (including phenoxy) is 1. The molecule has 1 aliphatic heterocycles. The van der Waals surface area contributed by atoms with Gasteiger partial charge in [-0.05, 0) is 6.92 Å². The first kappa shape index (κ1) is 11.9. The number of rotatable bonds is 5. The fraction of sp³-hybridized carbons (Fsp3) is 0.600. The maximum Gasteiger partial charge on any atom is 0.230 e. The molecule has 1 fully saturated rings. The van der Waals surface area contributed by atoms with Crippen LogP contribution in [0.15, 0.2) is 5.38 Å². The van der Waals surface area contributed by atoms with Crippen LogP contribution in [-0.4, -0.2) is 35.9 Å². The zero-order valence-electron chi connectivity index (χ0n) is 9.06. The summed E-state index contributed by atoms with van der Waals surface area (Å²) in [7, 11) is 0. The predicted octanol–water partition coefficient (Wildman–Crippen LogP) is 1.20. The molecule has 0 aromatic carbocycles. The summed E-state index contributed by atoms with van der Waals surface area (Å²) in [6, 6.07) is 0.231. The highest BCUT2D eigenvalue weighted by Gasteiger charge is 2.19. The fourth-order valence-corrected chi connectivity index (χ4v) is 2.76. The molecule has 0 saturated carbocycles. The number of nitrogens with zero attached hydrogens (tertiary/aromatic N) is 1. The Balaban J connectivity index is 1.61. The van der Waals surface area contributed by atoms with Gasteiger partial charge in [-0.3, -0.25) is 4.79 Å². The van der Waals surface area contributed by atoms with Crippen molar-refractivity contribution < 1.29 is 9.53 Å². The number of carbonyl (C=O) groups excluding carboxylic acids is 1. The Labute approximate surface area is 103 Å². The number of thioether (sulfide) groups is 1. The van der Waals surface area contributed by atoms with Crippen LogP contribution in [-0.2, 0) is 15.3 Å². The van der Waals surface area contributed by atoms with Gasteiger partial charge in [0.25, 0.3) is 0 Å². The topological polar surface area (TPSA) is 51.2 Å². The van der Waals surface area contributed by atoms with E-state index in [1.165, 1.54) is 0 Å². The Morgan fingerprint density at radius 3 is 3.12 bits per heavy atom. The molecular formula is C10H14N2O2S2. The molecule has 0 spiro atoms. The lowest BCUT2D eigenvalue weighted by atomic mass is 10.2. The number of nitrogens with one attached hydrogen (secondary N) is 1. The molecule has 0 aliphatic carbocycles. The van der Waals surface area contributed by atoms with Crippen LogP contribution in [0.4, 0.5) is 0 Å². The van der Waals surface area contributed by atoms with E-state index in [0.717, 1.165) is 16.5 Å². The van der Waals surface area contributed by atoms with Gasteiger partial charge < -0.3 is 10.1 Å². The number of carbonyl (C=O) groups is 1. The highest BCUT2D eigenvalue weighted by Crippen LogP contribution is 2.14. The van der Waals surface area contributed by atoms with Crippen LogP contribution in [0.3, 0.4) is 0 Å². The van der Waals surface area contributed by atoms with E-state index in [4.69, 9.17) is 4.74 Å². The monoisotopic (exact) mass is 258 g/mol. The molecule has 0 unspecified atom stereocenters. The Kier molecular flexibility index (Phi) is 4.20. The van der Waals surface area contributed by atoms with Gasteiger partial charge in [0.2, 0.25) is 5.91 Å². The second-order valence-corrected chi connectivity index (χ2v) is 5.70. The molecular weight excluding hydrogens is 244 g/mol. The summed E-state index contributed by atoms with van der Waals surface area (Å²) in [5, 5.41) is 6.02. The van der Waals surface area contributed by atoms with E-state index < -0.39 is 0 Å². The summed E-state index contributed by atoms with van der Waals surface area (Å²) < 4.78 is 4.98. The minimum atomic E-state index is 0.0882. The van der Waals surface area contributed by atoms with Crippen molar-refractivity contribution in [1.82, 2.24) is 10.3 Å². The molecule has 0 bridgehead atoms. The summed E-state index contributed by atoms with van der Waals surface area (Å²) in [4.78, 5) is 15.8. The Hall–Kier alpha value is -0.590. The van der Waals surface area contributed by atoms with Crippen LogP contribution < -0.4 is 5.32 Å². The van der Waals surface area contributed by atoms with Gasteiger partial charge >= 0.3 is 0 Å². The maximum atomic E-state index is 11.4. The molecule has 1 aromatic rings. The van der Waals surface area contributed by atoms with Crippen molar-refractivity contribution in [3.8, 4) is 0 Å². The maximum absolute atomic E-state index is 11.4. The number of hydrogen-bond acceptors (Lipinski definition) is 5. The third-order valence-corrected chi connectivity index (χ3v) is 3.94. The van der Waals surface area contributed by atoms with Crippen molar-refractivity contribution in [3.05, 3.63) is 16.1 Å². The first-order chi connectivity index (χ1) is 7.74. The lowest BCUT2D eigenvalue weighted by Crippen LogP contribution is -2.49. The van der Waals surface area contributed by atoms with Gasteiger partial charge in [0.05, 0.1) is 35.7 Å². The molecule has 88 valence electrons. The van der Waals surface area contributed by atoms with E-state index in [1.807, 2.05) is 12.3 Å². The smallest absolute Gasteiger partial charge is 0.230 e. The van der Waals surface area contributed by atoms with E-state index in [0.29, 0.717) is 19.0 Å². The minimum Gasteiger partial charge on any atom is -0.377 e. The first-order valence-corrected chi connectivity index (χ1v) is 7.13. The van der Waals surface area contributed by atoms with Crippen LogP contribution in [0.5, 0.6) is 0 Å². The molecule has 1 N–H and O–H groups in total. The van der Waals surface area contributed by atoms with Crippen LogP contribution in [0, 0.1) is 6.92 Å². The Bertz CT molecular complexity index is 363. The van der Waals surface area contributed by atoms with E-state index in [-0.39, 0.29) is 11.9 Å². The summed E-state index contributed by atoms with van der Waals surface area (Å²) in [5.41, 5.74) is 1.06. The average Bonchev–Trinajstić information content (AvgIpc) is 2.58. The van der Waals surface area contributed by atoms with Crippen LogP contribution in [0.25, 0.3) is 0 Å². The lowest BCUT2D eigenvalue weighted by molar-refractivity contribution is -0.122. The average molecular weight is 258 g/mol. The van der Waals surface area contributed by atoms with Gasteiger partial charge in [-0.2, -0.15) is 0 Å². The zero-order chi connectivity index (χ0) is 11.4. The molecule has 4 nitrogen and oxygen atoms in total. The standard InChI is InChI=1S/C10H14N2O2S2/c1-7-11-9(5-16-7)4-15-6-10(13)12-8-2-14-3-8/h5,8H,2-4,6H2,1H3,(H,12,13). The van der Waals surface area contributed by atoms with Crippen molar-refractivity contribution >= 4 is 29.0 Å². The van der Waals surface area contributed by atoms with E-state index in [1.54, 1.807) is 23.1 Å². The largest absolute Gasteiger partial charge is 0.377 e. The second kappa shape index (κ2) is 5.65. The third kappa shape index (κ3) is 3.47. The van der Waals surface area contributed by atoms with Gasteiger partial charge in [-0.1, -0.05) is 0 Å². The number of thiazole rings is 1. The van der Waals surface area contributed by atoms with Crippen LogP contribution in [0.2, 0.25) is 0 Å². The Morgan fingerprint density at radius 1 is 1.75 bits per heavy atom. The van der Waals surface area contributed by atoms with Gasteiger partial charge in [0.1, 0.15) is 0 Å². The van der Waals surface area contributed by atoms with Gasteiger partial charge in [-0.15, -0.1) is 23.1 Å². The third-order valence-electron chi connectivity index (χ3n) is 2.15. The molecule has 2 rings (SSSR count). The number of aromatic nitrogens is 1. The van der Waals surface area contributed by atoms with E-state index in [2.05, 4.69) is 10.3 Å². The van der Waals surface area contributed by atoms with Gasteiger partial charge in [0, 0.05) is 11.1 Å². The molecule has 16 heavy (non-hydrogen) atoms. The van der Waals surface area contributed by atoms with E-state index >= 15 is 0 Å². The Morgan fingerprint density at radius 2 is 2.56 bits per heavy atom. The van der Waals surface area contributed by atoms with Crippen molar-refractivity contribution in [2.45, 2.75) is 18.7 Å². The number of aryl methyl sites for hydroxylation is 1. The molecule has 1 amide bonds. The van der Waals surface area contributed by atoms with Gasteiger partial charge in [0.15, 0.2) is 0 Å². The second-order valence-electron chi connectivity index (χ2n) is 3.65. The molecule has 1 saturated heterocycles. The van der Waals surface area contributed by atoms with E-state index in [9.17, 15) is 4.79 Å². The summed E-state index contributed by atoms with van der Waals surface area (Å²) in [6.07, 6.45) is 0. The fourth-order valence-electron chi connectivity index (χ4n) is 1.31. The number of amides is 1. The summed E-state index contributed by atoms with van der Waals surface area (Å²) in [6.45, 7) is 3.30. The highest BCUT2D eigenvalue weighted by molar-refractivity contribution is 7.99. The van der Waals surface area contributed by atoms with Crippen molar-refractivity contribution in [2.24, 2.45) is 0 Å². The van der Waals surface area contributed by atoms with Crippen molar-refractivity contribution in [3.63, 3.8) is 0 Å². The predicted molar refractivity (Wildman–Crippen MR) is 65.8 cm³/mol. The molecule has 1 aliphatic rings. The minimum absolute atomic E-state index is 0.0882. The summed E-state index contributed by atoms with van der Waals surface area (Å²) >= 11 is 3.24. The molecule has 1 aromatic heterocycles. The zero-order valence-corrected chi connectivity index (χ0v) is 10.7. The van der Waals surface area contributed by atoms with Crippen molar-refractivity contribution in [1.29, 1.82) is 0 Å². The normalized spacial score (nSPS) is 15.8. The SMILES string of the molecule is Cc1nc(CSCC(=O)NC2COC2)cs1. The van der Waals surface area contributed by atoms with Crippen LogP contribution in [0.1, 0.15) is 10.7 Å². The quantitative estimate of drug-likeness (QED) is 0.862. The number of hydrogen-bond donors (Lipinski definition) is 1. The van der Waals surface area contributed by atoms with Gasteiger partial charge in [-0.25, -0.2) is 4.98 Å². The molecule has 0 atom stereocenters. The van der Waals surface area contributed by atoms with Crippen molar-refractivity contribution in [2.75, 3.05) is 19.0 Å². The highest BCUT2D eigenvalue weighted by atomic mass is 32.2. The molecule has 2 heterocycles.